The molecule has 34 heavy (non-hydrogen) atoms. The second-order valence-electron chi connectivity index (χ2n) is 10.3. The molecule has 6 heteroatoms. The summed E-state index contributed by atoms with van der Waals surface area (Å²) in [5.41, 5.74) is 5.10. The van der Waals surface area contributed by atoms with Crippen LogP contribution in [-0.2, 0) is 21.7 Å². The van der Waals surface area contributed by atoms with Crippen molar-refractivity contribution in [3.8, 4) is 0 Å². The third-order valence-electron chi connectivity index (χ3n) is 8.90. The summed E-state index contributed by atoms with van der Waals surface area (Å²) in [6.07, 6.45) is 1.54. The fourth-order valence-corrected chi connectivity index (χ4v) is 7.06. The van der Waals surface area contributed by atoms with E-state index in [-0.39, 0.29) is 12.1 Å². The van der Waals surface area contributed by atoms with Crippen LogP contribution in [0.5, 0.6) is 0 Å². The van der Waals surface area contributed by atoms with Gasteiger partial charge in [-0.15, -0.1) is 0 Å². The van der Waals surface area contributed by atoms with Crippen molar-refractivity contribution in [2.75, 3.05) is 7.11 Å². The minimum atomic E-state index is -0.733. The Morgan fingerprint density at radius 1 is 1.00 bits per heavy atom. The lowest BCUT2D eigenvalue weighted by atomic mass is 9.84. The zero-order valence-corrected chi connectivity index (χ0v) is 19.4. The van der Waals surface area contributed by atoms with Crippen LogP contribution in [0.25, 0.3) is 43.6 Å². The zero-order valence-electron chi connectivity index (χ0n) is 19.4. The lowest BCUT2D eigenvalue weighted by molar-refractivity contribution is -0.289. The van der Waals surface area contributed by atoms with Crippen LogP contribution >= 0.6 is 0 Å². The van der Waals surface area contributed by atoms with Crippen molar-refractivity contribution < 1.29 is 14.3 Å². The van der Waals surface area contributed by atoms with Gasteiger partial charge in [0.05, 0.1) is 27.6 Å². The number of carbonyl (C=O) groups excluding carboxylic acids is 1. The zero-order chi connectivity index (χ0) is 23.0. The van der Waals surface area contributed by atoms with E-state index in [9.17, 15) is 4.79 Å². The molecule has 3 atom stereocenters. The van der Waals surface area contributed by atoms with E-state index in [0.717, 1.165) is 67.6 Å². The van der Waals surface area contributed by atoms with E-state index in [2.05, 4.69) is 76.8 Å². The Labute approximate surface area is 196 Å². The quantitative estimate of drug-likeness (QED) is 0.364. The molecular formula is C28H25N3O3. The highest BCUT2D eigenvalue weighted by atomic mass is 16.6. The smallest absolute Gasteiger partial charge is 0.252 e. The summed E-state index contributed by atoms with van der Waals surface area (Å²) in [7, 11) is 1.79. The molecule has 0 aliphatic carbocycles. The molecule has 1 saturated heterocycles. The van der Waals surface area contributed by atoms with Gasteiger partial charge in [-0.05, 0) is 44.4 Å². The molecule has 0 unspecified atom stereocenters. The van der Waals surface area contributed by atoms with E-state index in [1.807, 2.05) is 0 Å². The Morgan fingerprint density at radius 2 is 1.71 bits per heavy atom. The molecular weight excluding hydrogens is 426 g/mol. The molecule has 3 aromatic carbocycles. The Balaban J connectivity index is 1.76. The van der Waals surface area contributed by atoms with Crippen LogP contribution in [0.1, 0.15) is 48.8 Å². The molecule has 1 fully saturated rings. The van der Waals surface area contributed by atoms with Crippen LogP contribution < -0.4 is 5.32 Å². The number of carbonyl (C=O) groups is 1. The molecule has 5 aromatic rings. The highest BCUT2D eigenvalue weighted by Gasteiger charge is 2.56. The van der Waals surface area contributed by atoms with Gasteiger partial charge in [0.2, 0.25) is 0 Å². The summed E-state index contributed by atoms with van der Waals surface area (Å²) in [6, 6.07) is 16.9. The molecule has 170 valence electrons. The Bertz CT molecular complexity index is 1740. The summed E-state index contributed by atoms with van der Waals surface area (Å²) < 4.78 is 18.0. The van der Waals surface area contributed by atoms with E-state index < -0.39 is 11.3 Å². The third kappa shape index (κ3) is 1.86. The lowest BCUT2D eigenvalue weighted by Crippen LogP contribution is -2.57. The largest absolute Gasteiger partial charge is 0.373 e. The molecule has 0 spiro atoms. The number of fused-ring (bicyclic) bond motifs is 13. The van der Waals surface area contributed by atoms with Crippen molar-refractivity contribution in [3.05, 3.63) is 59.7 Å². The Hall–Kier alpha value is -3.35. The molecule has 0 saturated carbocycles. The number of benzene rings is 3. The molecule has 2 bridgehead atoms. The maximum atomic E-state index is 13.3. The van der Waals surface area contributed by atoms with Gasteiger partial charge in [0.15, 0.2) is 5.72 Å². The molecule has 1 amide bonds. The number of aromatic nitrogens is 2. The number of amides is 1. The van der Waals surface area contributed by atoms with Gasteiger partial charge >= 0.3 is 0 Å². The predicted octanol–water partition coefficient (Wildman–Crippen LogP) is 5.55. The first-order valence-electron chi connectivity index (χ1n) is 12.0. The van der Waals surface area contributed by atoms with Crippen molar-refractivity contribution >= 4 is 49.5 Å². The fraction of sp³-hybridized carbons (Fsp3) is 0.321. The van der Waals surface area contributed by atoms with Gasteiger partial charge in [0.1, 0.15) is 11.8 Å². The van der Waals surface area contributed by atoms with Gasteiger partial charge in [0, 0.05) is 35.2 Å². The lowest BCUT2D eigenvalue weighted by Gasteiger charge is -2.51. The predicted molar refractivity (Wildman–Crippen MR) is 132 cm³/mol. The van der Waals surface area contributed by atoms with Crippen LogP contribution in [0.2, 0.25) is 0 Å². The number of rotatable bonds is 1. The van der Waals surface area contributed by atoms with Crippen LogP contribution in [-0.4, -0.2) is 27.8 Å². The summed E-state index contributed by atoms with van der Waals surface area (Å²) in [4.78, 5) is 13.3. The number of methoxy groups -OCH3 is 1. The van der Waals surface area contributed by atoms with Crippen LogP contribution in [0, 0.1) is 0 Å². The first kappa shape index (κ1) is 19.0. The second kappa shape index (κ2) is 5.82. The van der Waals surface area contributed by atoms with Crippen molar-refractivity contribution in [3.63, 3.8) is 0 Å². The summed E-state index contributed by atoms with van der Waals surface area (Å²) in [5.74, 6) is 0.0118. The number of nitrogens with one attached hydrogen (secondary N) is 1. The second-order valence-corrected chi connectivity index (χ2v) is 10.3. The number of hydrogen-bond acceptors (Lipinski definition) is 3. The van der Waals surface area contributed by atoms with Gasteiger partial charge in [0.25, 0.3) is 5.91 Å². The van der Waals surface area contributed by atoms with Gasteiger partial charge < -0.3 is 23.9 Å². The fourth-order valence-electron chi connectivity index (χ4n) is 7.06. The maximum Gasteiger partial charge on any atom is 0.252 e. The third-order valence-corrected chi connectivity index (χ3v) is 8.90. The highest BCUT2D eigenvalue weighted by Crippen LogP contribution is 2.56. The number of ether oxygens (including phenoxy) is 2. The van der Waals surface area contributed by atoms with Crippen LogP contribution in [0.3, 0.4) is 0 Å². The molecule has 2 aromatic heterocycles. The average Bonchev–Trinajstić information content (AvgIpc) is 3.48. The first-order chi connectivity index (χ1) is 16.5. The van der Waals surface area contributed by atoms with Crippen LogP contribution in [0.4, 0.5) is 0 Å². The molecule has 6 nitrogen and oxygen atoms in total. The van der Waals surface area contributed by atoms with Gasteiger partial charge in [-0.2, -0.15) is 0 Å². The number of nitrogens with zero attached hydrogens (tertiary/aromatic N) is 2. The minimum absolute atomic E-state index is 0.0118. The van der Waals surface area contributed by atoms with E-state index in [0.29, 0.717) is 6.54 Å². The SMILES string of the molecule is CO[C@]1(C)CC[C@H]2O[C@]1(C)n1c3ccccc3c3c4c(c5c6ccccc6n2c5c31)C(=O)NC4. The summed E-state index contributed by atoms with van der Waals surface area (Å²) in [6.45, 7) is 4.88. The van der Waals surface area contributed by atoms with E-state index in [1.54, 1.807) is 7.11 Å². The van der Waals surface area contributed by atoms with Gasteiger partial charge in [-0.1, -0.05) is 36.4 Å². The van der Waals surface area contributed by atoms with E-state index in [1.165, 1.54) is 0 Å². The molecule has 3 aliphatic heterocycles. The molecule has 0 radical (unpaired) electrons. The molecule has 1 N–H and O–H groups in total. The van der Waals surface area contributed by atoms with Crippen molar-refractivity contribution in [1.29, 1.82) is 0 Å². The number of hydrogen-bond donors (Lipinski definition) is 1. The molecule has 3 aliphatic rings. The average molecular weight is 452 g/mol. The van der Waals surface area contributed by atoms with E-state index >= 15 is 0 Å². The number of para-hydroxylation sites is 2. The topological polar surface area (TPSA) is 57.4 Å². The van der Waals surface area contributed by atoms with Crippen LogP contribution in [0.15, 0.2) is 48.5 Å². The van der Waals surface area contributed by atoms with Gasteiger partial charge in [-0.3, -0.25) is 4.79 Å². The first-order valence-corrected chi connectivity index (χ1v) is 12.0. The molecule has 5 heterocycles. The standard InChI is InChI=1S/C28H25N3O3/c1-27(33-3)13-12-20-30-18-10-6-4-8-15(18)22-23-17(14-29-26(23)32)21-16-9-5-7-11-19(16)31(25(21)24(22)30)28(27,2)34-20/h4-11,20H,12-14H2,1-3H3,(H,29,32)/t20-,27-,28+/m1/s1. The van der Waals surface area contributed by atoms with Crippen molar-refractivity contribution in [2.45, 2.75) is 50.8 Å². The summed E-state index contributed by atoms with van der Waals surface area (Å²) in [5, 5.41) is 7.57. The van der Waals surface area contributed by atoms with Crippen molar-refractivity contribution in [2.24, 2.45) is 0 Å². The summed E-state index contributed by atoms with van der Waals surface area (Å²) >= 11 is 0. The monoisotopic (exact) mass is 451 g/mol. The Morgan fingerprint density at radius 3 is 2.47 bits per heavy atom. The van der Waals surface area contributed by atoms with E-state index in [4.69, 9.17) is 9.47 Å². The Kier molecular flexibility index (Phi) is 3.26. The normalized spacial score (nSPS) is 27.7. The minimum Gasteiger partial charge on any atom is -0.373 e. The maximum absolute atomic E-state index is 13.3. The van der Waals surface area contributed by atoms with Gasteiger partial charge in [-0.25, -0.2) is 0 Å². The van der Waals surface area contributed by atoms with Crippen molar-refractivity contribution in [1.82, 2.24) is 14.5 Å². The highest BCUT2D eigenvalue weighted by molar-refractivity contribution is 6.31. The molecule has 8 rings (SSSR count).